The molecule has 20 heavy (non-hydrogen) atoms. The molecule has 0 unspecified atom stereocenters. The standard InChI is InChI=1S/C13H10F3NO3/c14-13(15,16)10-4-2-1-3-9(10)5-6-11(18)17-7-8-20-12(17)19/h1-6H,7-8H2/b6-5+/i7D2,8D2. The van der Waals surface area contributed by atoms with Crippen LogP contribution in [0.15, 0.2) is 30.3 Å². The van der Waals surface area contributed by atoms with Gasteiger partial charge in [-0.1, -0.05) is 18.2 Å². The molecule has 4 nitrogen and oxygen atoms in total. The number of alkyl halides is 3. The van der Waals surface area contributed by atoms with Crippen LogP contribution in [0.3, 0.4) is 0 Å². The molecule has 1 heterocycles. The van der Waals surface area contributed by atoms with Crippen LogP contribution in [0.1, 0.15) is 16.6 Å². The number of carbonyl (C=O) groups excluding carboxylic acids is 2. The van der Waals surface area contributed by atoms with Crippen LogP contribution in [0.5, 0.6) is 0 Å². The number of ether oxygens (including phenoxy) is 1. The van der Waals surface area contributed by atoms with Gasteiger partial charge in [0.2, 0.25) is 0 Å². The van der Waals surface area contributed by atoms with E-state index in [4.69, 9.17) is 5.48 Å². The molecule has 1 saturated heterocycles. The average Bonchev–Trinajstić information content (AvgIpc) is 2.59. The minimum Gasteiger partial charge on any atom is -0.447 e. The summed E-state index contributed by atoms with van der Waals surface area (Å²) in [5, 5.41) is 0. The topological polar surface area (TPSA) is 46.6 Å². The summed E-state index contributed by atoms with van der Waals surface area (Å²) in [4.78, 5) is 23.3. The molecule has 1 fully saturated rings. The van der Waals surface area contributed by atoms with Crippen molar-refractivity contribution in [1.29, 1.82) is 0 Å². The maximum atomic E-state index is 12.8. The smallest absolute Gasteiger partial charge is 0.416 e. The van der Waals surface area contributed by atoms with Gasteiger partial charge < -0.3 is 4.74 Å². The molecule has 2 amide bonds. The Morgan fingerprint density at radius 2 is 2.10 bits per heavy atom. The number of halogens is 3. The van der Waals surface area contributed by atoms with Gasteiger partial charge in [-0.25, -0.2) is 9.69 Å². The third-order valence-electron chi connectivity index (χ3n) is 2.37. The van der Waals surface area contributed by atoms with Crippen molar-refractivity contribution in [1.82, 2.24) is 4.90 Å². The number of nitrogens with zero attached hydrogens (tertiary/aromatic N) is 1. The Morgan fingerprint density at radius 3 is 2.70 bits per heavy atom. The number of carbonyl (C=O) groups is 2. The number of amides is 2. The molecule has 106 valence electrons. The second-order valence-electron chi connectivity index (χ2n) is 3.67. The molecule has 1 aromatic carbocycles. The number of hydrogen-bond donors (Lipinski definition) is 0. The Bertz CT molecular complexity index is 719. The van der Waals surface area contributed by atoms with Crippen molar-refractivity contribution in [3.05, 3.63) is 41.5 Å². The minimum absolute atomic E-state index is 0.125. The molecule has 0 spiro atoms. The fraction of sp³-hybridized carbons (Fsp3) is 0.231. The SMILES string of the molecule is [2H]C1([2H])OC(=O)N(C(=O)/C=C/c2ccccc2C(F)(F)F)C1([2H])[2H]. The number of benzene rings is 1. The quantitative estimate of drug-likeness (QED) is 0.786. The van der Waals surface area contributed by atoms with E-state index in [1.54, 1.807) is 0 Å². The fourth-order valence-electron chi connectivity index (χ4n) is 1.48. The van der Waals surface area contributed by atoms with Gasteiger partial charge in [0.15, 0.2) is 0 Å². The predicted octanol–water partition coefficient (Wildman–Crippen LogP) is 2.70. The highest BCUT2D eigenvalue weighted by atomic mass is 19.4. The van der Waals surface area contributed by atoms with Crippen LogP contribution in [0.4, 0.5) is 18.0 Å². The molecular weight excluding hydrogens is 275 g/mol. The van der Waals surface area contributed by atoms with Gasteiger partial charge in [0.1, 0.15) is 6.56 Å². The summed E-state index contributed by atoms with van der Waals surface area (Å²) < 4.78 is 72.1. The zero-order valence-corrected chi connectivity index (χ0v) is 9.77. The maximum Gasteiger partial charge on any atom is 0.416 e. The average molecular weight is 289 g/mol. The van der Waals surface area contributed by atoms with E-state index < -0.39 is 36.8 Å². The van der Waals surface area contributed by atoms with Crippen molar-refractivity contribution < 1.29 is 33.0 Å². The summed E-state index contributed by atoms with van der Waals surface area (Å²) in [6.45, 7) is -6.17. The van der Waals surface area contributed by atoms with Crippen LogP contribution in [-0.2, 0) is 15.7 Å². The second-order valence-corrected chi connectivity index (χ2v) is 3.67. The van der Waals surface area contributed by atoms with E-state index in [1.165, 1.54) is 6.07 Å². The molecule has 2 rings (SSSR count). The minimum atomic E-state index is -4.66. The van der Waals surface area contributed by atoms with Crippen LogP contribution < -0.4 is 0 Å². The lowest BCUT2D eigenvalue weighted by Crippen LogP contribution is -2.29. The van der Waals surface area contributed by atoms with E-state index in [1.807, 2.05) is 0 Å². The molecule has 7 heteroatoms. The highest BCUT2D eigenvalue weighted by molar-refractivity contribution is 6.01. The number of rotatable bonds is 2. The summed E-state index contributed by atoms with van der Waals surface area (Å²) >= 11 is 0. The Morgan fingerprint density at radius 1 is 1.40 bits per heavy atom. The number of imide groups is 1. The lowest BCUT2D eigenvalue weighted by Gasteiger charge is -2.10. The highest BCUT2D eigenvalue weighted by Gasteiger charge is 2.32. The first kappa shape index (κ1) is 9.57. The Hall–Kier alpha value is -2.31. The monoisotopic (exact) mass is 289 g/mol. The summed E-state index contributed by atoms with van der Waals surface area (Å²) in [5.41, 5.74) is -1.38. The first-order valence-electron chi connectivity index (χ1n) is 7.29. The van der Waals surface area contributed by atoms with Gasteiger partial charge >= 0.3 is 12.3 Å². The molecule has 1 aromatic rings. The number of hydrogen-bond acceptors (Lipinski definition) is 3. The lowest BCUT2D eigenvalue weighted by atomic mass is 10.1. The normalized spacial score (nSPS) is 23.8. The van der Waals surface area contributed by atoms with Crippen molar-refractivity contribution in [2.24, 2.45) is 0 Å². The van der Waals surface area contributed by atoms with E-state index in [9.17, 15) is 22.8 Å². The third kappa shape index (κ3) is 2.98. The van der Waals surface area contributed by atoms with Crippen LogP contribution in [0, 0.1) is 0 Å². The summed E-state index contributed by atoms with van der Waals surface area (Å²) in [6, 6.07) is 4.35. The zero-order chi connectivity index (χ0) is 18.3. The van der Waals surface area contributed by atoms with Gasteiger partial charge in [0, 0.05) is 6.08 Å². The van der Waals surface area contributed by atoms with E-state index in [0.29, 0.717) is 6.08 Å². The molecule has 1 aliphatic heterocycles. The van der Waals surface area contributed by atoms with E-state index in [2.05, 4.69) is 4.74 Å². The van der Waals surface area contributed by atoms with E-state index in [0.717, 1.165) is 24.3 Å². The first-order chi connectivity index (χ1) is 10.9. The van der Waals surface area contributed by atoms with Crippen molar-refractivity contribution in [2.45, 2.75) is 6.18 Å². The van der Waals surface area contributed by atoms with Crippen LogP contribution in [0.25, 0.3) is 6.08 Å². The molecule has 0 saturated carbocycles. The van der Waals surface area contributed by atoms with Crippen LogP contribution >= 0.6 is 0 Å². The first-order valence-corrected chi connectivity index (χ1v) is 5.29. The number of cyclic esters (lactones) is 1. The van der Waals surface area contributed by atoms with E-state index >= 15 is 0 Å². The lowest BCUT2D eigenvalue weighted by molar-refractivity contribution is -0.137. The molecule has 0 atom stereocenters. The molecule has 0 radical (unpaired) electrons. The highest BCUT2D eigenvalue weighted by Crippen LogP contribution is 2.32. The van der Waals surface area contributed by atoms with Crippen molar-refractivity contribution in [3.8, 4) is 0 Å². The summed E-state index contributed by atoms with van der Waals surface area (Å²) in [5.74, 6) is -1.34. The van der Waals surface area contributed by atoms with Crippen molar-refractivity contribution in [3.63, 3.8) is 0 Å². The molecule has 0 aliphatic carbocycles. The van der Waals surface area contributed by atoms with Gasteiger partial charge in [-0.2, -0.15) is 13.2 Å². The van der Waals surface area contributed by atoms with Crippen molar-refractivity contribution in [2.75, 3.05) is 13.1 Å². The third-order valence-corrected chi connectivity index (χ3v) is 2.37. The maximum absolute atomic E-state index is 12.8. The largest absolute Gasteiger partial charge is 0.447 e. The van der Waals surface area contributed by atoms with Gasteiger partial charge in [-0.05, 0) is 17.7 Å². The summed E-state index contributed by atoms with van der Waals surface area (Å²) in [7, 11) is 0. The second kappa shape index (κ2) is 5.36. The zero-order valence-electron chi connectivity index (χ0n) is 13.8. The predicted molar refractivity (Wildman–Crippen MR) is 63.5 cm³/mol. The molecule has 0 bridgehead atoms. The van der Waals surface area contributed by atoms with Gasteiger partial charge in [-0.3, -0.25) is 4.79 Å². The summed E-state index contributed by atoms with van der Waals surface area (Å²) in [6.07, 6.45) is -4.92. The Kier molecular flexibility index (Phi) is 2.56. The Balaban J connectivity index is 2.32. The Labute approximate surface area is 118 Å². The van der Waals surface area contributed by atoms with E-state index in [-0.39, 0.29) is 10.5 Å². The van der Waals surface area contributed by atoms with Gasteiger partial charge in [0.05, 0.1) is 17.5 Å². The fourth-order valence-corrected chi connectivity index (χ4v) is 1.48. The van der Waals surface area contributed by atoms with Crippen LogP contribution in [0.2, 0.25) is 0 Å². The van der Waals surface area contributed by atoms with Gasteiger partial charge in [-0.15, -0.1) is 0 Å². The molecule has 0 aromatic heterocycles. The molecule has 1 aliphatic rings. The molecule has 0 N–H and O–H groups in total. The van der Waals surface area contributed by atoms with Crippen molar-refractivity contribution >= 4 is 18.1 Å². The van der Waals surface area contributed by atoms with Gasteiger partial charge in [0.25, 0.3) is 5.91 Å². The van der Waals surface area contributed by atoms with Crippen LogP contribution in [-0.4, -0.2) is 30.0 Å². The molecular formula is C13H10F3NO3.